The van der Waals surface area contributed by atoms with Gasteiger partial charge in [-0.15, -0.1) is 0 Å². The second kappa shape index (κ2) is 4.58. The molecule has 0 unspecified atom stereocenters. The van der Waals surface area contributed by atoms with Crippen LogP contribution in [-0.2, 0) is 4.79 Å². The van der Waals surface area contributed by atoms with Crippen LogP contribution < -0.4 is 11.1 Å². The van der Waals surface area contributed by atoms with Crippen LogP contribution in [0.2, 0.25) is 0 Å². The predicted octanol–water partition coefficient (Wildman–Crippen LogP) is -0.247. The van der Waals surface area contributed by atoms with Gasteiger partial charge < -0.3 is 16.2 Å². The third-order valence-corrected chi connectivity index (χ3v) is 2.41. The topological polar surface area (TPSA) is 75.4 Å². The average molecular weight is 186 g/mol. The number of carbonyl (C=O) groups excluding carboxylic acids is 1. The van der Waals surface area contributed by atoms with Gasteiger partial charge in [0.25, 0.3) is 0 Å². The van der Waals surface area contributed by atoms with Gasteiger partial charge in [0.15, 0.2) is 0 Å². The van der Waals surface area contributed by atoms with Crippen LogP contribution in [0.4, 0.5) is 0 Å². The van der Waals surface area contributed by atoms with E-state index >= 15 is 0 Å². The molecule has 1 amide bonds. The minimum atomic E-state index is -0.459. The molecular formula is C9H18N2O2. The smallest absolute Gasteiger partial charge is 0.236 e. The molecule has 4 heteroatoms. The normalized spacial score (nSPS) is 31.0. The first-order chi connectivity index (χ1) is 6.09. The molecule has 0 saturated heterocycles. The number of hydrogen-bond donors (Lipinski definition) is 3. The van der Waals surface area contributed by atoms with E-state index in [1.165, 1.54) is 0 Å². The fraction of sp³-hybridized carbons (Fsp3) is 0.889. The molecule has 0 aromatic heterocycles. The van der Waals surface area contributed by atoms with Crippen LogP contribution in [0.3, 0.4) is 0 Å². The number of nitrogens with two attached hydrogens (primary N) is 1. The van der Waals surface area contributed by atoms with Crippen molar-refractivity contribution in [3.63, 3.8) is 0 Å². The van der Waals surface area contributed by atoms with Gasteiger partial charge in [-0.3, -0.25) is 4.79 Å². The third-order valence-electron chi connectivity index (χ3n) is 2.41. The van der Waals surface area contributed by atoms with Crippen molar-refractivity contribution < 1.29 is 9.90 Å². The Morgan fingerprint density at radius 3 is 2.85 bits per heavy atom. The molecule has 76 valence electrons. The van der Waals surface area contributed by atoms with Crippen LogP contribution in [0, 0.1) is 0 Å². The van der Waals surface area contributed by atoms with Gasteiger partial charge in [-0.05, 0) is 32.6 Å². The molecule has 1 aliphatic rings. The van der Waals surface area contributed by atoms with Gasteiger partial charge in [0, 0.05) is 6.04 Å². The summed E-state index contributed by atoms with van der Waals surface area (Å²) in [6.45, 7) is 1.66. The maximum absolute atomic E-state index is 11.2. The third kappa shape index (κ3) is 3.32. The Bertz CT molecular complexity index is 182. The summed E-state index contributed by atoms with van der Waals surface area (Å²) >= 11 is 0. The highest BCUT2D eigenvalue weighted by Crippen LogP contribution is 2.18. The van der Waals surface area contributed by atoms with Crippen LogP contribution in [0.25, 0.3) is 0 Å². The van der Waals surface area contributed by atoms with E-state index in [4.69, 9.17) is 5.73 Å². The molecule has 4 nitrogen and oxygen atoms in total. The fourth-order valence-electron chi connectivity index (χ4n) is 1.63. The molecule has 0 heterocycles. The zero-order valence-electron chi connectivity index (χ0n) is 7.99. The van der Waals surface area contributed by atoms with Gasteiger partial charge in [0.1, 0.15) is 0 Å². The molecule has 3 atom stereocenters. The fourth-order valence-corrected chi connectivity index (χ4v) is 1.63. The maximum Gasteiger partial charge on any atom is 0.236 e. The Morgan fingerprint density at radius 2 is 2.31 bits per heavy atom. The summed E-state index contributed by atoms with van der Waals surface area (Å²) in [5.41, 5.74) is 5.41. The molecule has 0 aromatic carbocycles. The first-order valence-corrected chi connectivity index (χ1v) is 4.83. The first kappa shape index (κ1) is 10.5. The summed E-state index contributed by atoms with van der Waals surface area (Å²) in [4.78, 5) is 11.2. The van der Waals surface area contributed by atoms with Crippen LogP contribution in [-0.4, -0.2) is 29.2 Å². The quantitative estimate of drug-likeness (QED) is 0.557. The second-order valence-electron chi connectivity index (χ2n) is 3.81. The summed E-state index contributed by atoms with van der Waals surface area (Å²) in [6, 6.07) is -0.346. The van der Waals surface area contributed by atoms with E-state index < -0.39 is 6.04 Å². The second-order valence-corrected chi connectivity index (χ2v) is 3.81. The molecular weight excluding hydrogens is 168 g/mol. The molecule has 1 aliphatic carbocycles. The number of aliphatic hydroxyl groups excluding tert-OH is 1. The molecule has 0 aliphatic heterocycles. The molecule has 1 saturated carbocycles. The molecule has 1 fully saturated rings. The Labute approximate surface area is 78.5 Å². The Balaban J connectivity index is 2.31. The molecule has 13 heavy (non-hydrogen) atoms. The van der Waals surface area contributed by atoms with Gasteiger partial charge in [-0.2, -0.15) is 0 Å². The molecule has 1 rings (SSSR count). The molecule has 0 radical (unpaired) electrons. The van der Waals surface area contributed by atoms with E-state index in [0.29, 0.717) is 6.42 Å². The van der Waals surface area contributed by atoms with E-state index in [1.54, 1.807) is 6.92 Å². The summed E-state index contributed by atoms with van der Waals surface area (Å²) in [5, 5.41) is 12.2. The average Bonchev–Trinajstić information content (AvgIpc) is 2.04. The molecule has 0 bridgehead atoms. The Kier molecular flexibility index (Phi) is 3.69. The minimum Gasteiger partial charge on any atom is -0.393 e. The van der Waals surface area contributed by atoms with Crippen molar-refractivity contribution in [3.05, 3.63) is 0 Å². The highest BCUT2D eigenvalue weighted by atomic mass is 16.3. The van der Waals surface area contributed by atoms with Crippen LogP contribution in [0.15, 0.2) is 0 Å². The minimum absolute atomic E-state index is 0.113. The lowest BCUT2D eigenvalue weighted by Gasteiger charge is -2.27. The van der Waals surface area contributed by atoms with Crippen molar-refractivity contribution in [2.24, 2.45) is 5.73 Å². The van der Waals surface area contributed by atoms with Crippen molar-refractivity contribution in [2.45, 2.75) is 50.8 Å². The lowest BCUT2D eigenvalue weighted by molar-refractivity contribution is -0.123. The number of aliphatic hydroxyl groups is 1. The first-order valence-electron chi connectivity index (χ1n) is 4.83. The van der Waals surface area contributed by atoms with Gasteiger partial charge in [0.05, 0.1) is 12.1 Å². The van der Waals surface area contributed by atoms with Crippen molar-refractivity contribution in [3.8, 4) is 0 Å². The van der Waals surface area contributed by atoms with Crippen LogP contribution >= 0.6 is 0 Å². The summed E-state index contributed by atoms with van der Waals surface area (Å²) in [5.74, 6) is -0.126. The number of nitrogens with one attached hydrogen (secondary N) is 1. The number of hydrogen-bond acceptors (Lipinski definition) is 3. The van der Waals surface area contributed by atoms with Gasteiger partial charge >= 0.3 is 0 Å². The zero-order valence-corrected chi connectivity index (χ0v) is 7.99. The van der Waals surface area contributed by atoms with E-state index in [1.807, 2.05) is 0 Å². The highest BCUT2D eigenvalue weighted by molar-refractivity contribution is 5.81. The van der Waals surface area contributed by atoms with Crippen LogP contribution in [0.1, 0.15) is 32.6 Å². The SMILES string of the molecule is C[C@@H](N)C(=O)N[C@@H]1CCC[C@H](O)C1. The summed E-state index contributed by atoms with van der Waals surface area (Å²) < 4.78 is 0. The highest BCUT2D eigenvalue weighted by Gasteiger charge is 2.22. The number of amides is 1. The van der Waals surface area contributed by atoms with Gasteiger partial charge in [-0.1, -0.05) is 0 Å². The lowest BCUT2D eigenvalue weighted by Crippen LogP contribution is -2.46. The largest absolute Gasteiger partial charge is 0.393 e. The Morgan fingerprint density at radius 1 is 1.62 bits per heavy atom. The van der Waals surface area contributed by atoms with E-state index in [2.05, 4.69) is 5.32 Å². The predicted molar refractivity (Wildman–Crippen MR) is 50.1 cm³/mol. The van der Waals surface area contributed by atoms with Crippen molar-refractivity contribution in [1.82, 2.24) is 5.32 Å². The summed E-state index contributed by atoms with van der Waals surface area (Å²) in [6.07, 6.45) is 3.19. The standard InChI is InChI=1S/C9H18N2O2/c1-6(10)9(13)11-7-3-2-4-8(12)5-7/h6-8,12H,2-5,10H2,1H3,(H,11,13)/t6-,7-,8+/m1/s1. The Hall–Kier alpha value is -0.610. The summed E-state index contributed by atoms with van der Waals surface area (Å²) in [7, 11) is 0. The lowest BCUT2D eigenvalue weighted by atomic mass is 9.93. The number of carbonyl (C=O) groups is 1. The monoisotopic (exact) mass is 186 g/mol. The maximum atomic E-state index is 11.2. The zero-order chi connectivity index (χ0) is 9.84. The van der Waals surface area contributed by atoms with Gasteiger partial charge in [-0.25, -0.2) is 0 Å². The van der Waals surface area contributed by atoms with Crippen LogP contribution in [0.5, 0.6) is 0 Å². The number of rotatable bonds is 2. The van der Waals surface area contributed by atoms with Crippen molar-refractivity contribution in [2.75, 3.05) is 0 Å². The van der Waals surface area contributed by atoms with E-state index in [0.717, 1.165) is 19.3 Å². The molecule has 0 aromatic rings. The van der Waals surface area contributed by atoms with E-state index in [9.17, 15) is 9.90 Å². The molecule has 0 spiro atoms. The molecule has 4 N–H and O–H groups in total. The van der Waals surface area contributed by atoms with E-state index in [-0.39, 0.29) is 18.1 Å². The van der Waals surface area contributed by atoms with Crippen molar-refractivity contribution >= 4 is 5.91 Å². The van der Waals surface area contributed by atoms with Gasteiger partial charge in [0.2, 0.25) is 5.91 Å². The van der Waals surface area contributed by atoms with Crippen molar-refractivity contribution in [1.29, 1.82) is 0 Å².